The zero-order valence-electron chi connectivity index (χ0n) is 44.5. The van der Waals surface area contributed by atoms with Crippen LogP contribution in [0.15, 0.2) is 0 Å². The van der Waals surface area contributed by atoms with Gasteiger partial charge in [0.2, 0.25) is 5.91 Å². The van der Waals surface area contributed by atoms with Crippen LogP contribution in [0.5, 0.6) is 0 Å². The van der Waals surface area contributed by atoms with E-state index >= 15 is 0 Å². The van der Waals surface area contributed by atoms with Gasteiger partial charge in [-0.2, -0.15) is 0 Å². The smallest absolute Gasteiger partial charge is 0.391 e. The molecule has 3 unspecified atom stereocenters. The van der Waals surface area contributed by atoms with Crippen molar-refractivity contribution in [1.82, 2.24) is 5.32 Å². The summed E-state index contributed by atoms with van der Waals surface area (Å²) in [5, 5.41) is 14.0. The van der Waals surface area contributed by atoms with E-state index in [0.717, 1.165) is 38.5 Å². The Balaban J connectivity index is 4.00. The highest BCUT2D eigenvalue weighted by atomic mass is 31.2. The Bertz CT molecular complexity index is 1030. The molecule has 0 bridgehead atoms. The molecule has 0 aromatic rings. The number of unbranched alkanes of at least 4 members (excludes halogenated alkanes) is 41. The Labute approximate surface area is 406 Å². The molecule has 3 atom stereocenters. The van der Waals surface area contributed by atoms with Crippen molar-refractivity contribution in [1.29, 1.82) is 0 Å². The number of nitrogens with zero attached hydrogens (tertiary/aromatic N) is 1. The van der Waals surface area contributed by atoms with E-state index in [9.17, 15) is 19.4 Å². The standard InChI is InChI=1S/C56H115N2O6P/c1-6-8-10-12-14-16-18-20-21-22-23-24-25-26-27-28-29-30-31-32-33-34-35-36-38-39-41-43-45-47-49-55(59)54(53-64-65(61,62)63-52-51-58(3,4)5)57-56(60)50-48-46-44-42-40-37-19-17-15-13-11-9-7-2/h54-55,59H,6-53H2,1-5H3,(H-,57,60,61,62)/p+1. The van der Waals surface area contributed by atoms with E-state index in [1.165, 1.54) is 238 Å². The summed E-state index contributed by atoms with van der Waals surface area (Å²) in [7, 11) is 1.63. The Morgan fingerprint density at radius 3 is 1.03 bits per heavy atom. The molecule has 0 aromatic heterocycles. The Morgan fingerprint density at radius 2 is 0.738 bits per heavy atom. The molecule has 0 spiro atoms. The highest BCUT2D eigenvalue weighted by Crippen LogP contribution is 2.43. The number of hydrogen-bond acceptors (Lipinski definition) is 5. The first kappa shape index (κ1) is 64.5. The van der Waals surface area contributed by atoms with Gasteiger partial charge < -0.3 is 19.8 Å². The van der Waals surface area contributed by atoms with Crippen LogP contribution >= 0.6 is 7.82 Å². The third-order valence-electron chi connectivity index (χ3n) is 13.6. The number of amides is 1. The molecule has 0 rings (SSSR count). The van der Waals surface area contributed by atoms with Crippen LogP contribution in [0.4, 0.5) is 0 Å². The number of phosphoric acid groups is 1. The van der Waals surface area contributed by atoms with Crippen molar-refractivity contribution in [2.45, 2.75) is 315 Å². The van der Waals surface area contributed by atoms with Crippen molar-refractivity contribution in [3.8, 4) is 0 Å². The molecule has 0 aliphatic carbocycles. The SMILES string of the molecule is CCCCCCCCCCCCCCCCCCCCCCCCCCCCCCCCC(O)C(COP(=O)(O)OCC[N+](C)(C)C)NC(=O)CCCCCCCCCCCCCCC. The minimum atomic E-state index is -4.31. The molecule has 0 heterocycles. The third kappa shape index (κ3) is 51.2. The largest absolute Gasteiger partial charge is 0.472 e. The molecule has 9 heteroatoms. The first-order valence-corrected chi connectivity index (χ1v) is 30.4. The van der Waals surface area contributed by atoms with E-state index < -0.39 is 20.0 Å². The van der Waals surface area contributed by atoms with Crippen molar-refractivity contribution in [3.05, 3.63) is 0 Å². The average molecular weight is 945 g/mol. The highest BCUT2D eigenvalue weighted by molar-refractivity contribution is 7.47. The predicted octanol–water partition coefficient (Wildman–Crippen LogP) is 17.3. The molecule has 0 aromatic carbocycles. The first-order chi connectivity index (χ1) is 31.5. The molecule has 390 valence electrons. The lowest BCUT2D eigenvalue weighted by Gasteiger charge is -2.26. The summed E-state index contributed by atoms with van der Waals surface area (Å²) >= 11 is 0. The molecule has 3 N–H and O–H groups in total. The van der Waals surface area contributed by atoms with Gasteiger partial charge in [0.05, 0.1) is 39.9 Å². The maximum absolute atomic E-state index is 12.9. The van der Waals surface area contributed by atoms with Gasteiger partial charge in [0.1, 0.15) is 13.2 Å². The number of carbonyl (C=O) groups is 1. The van der Waals surface area contributed by atoms with Gasteiger partial charge in [0.25, 0.3) is 0 Å². The van der Waals surface area contributed by atoms with Gasteiger partial charge in [0, 0.05) is 6.42 Å². The summed E-state index contributed by atoms with van der Waals surface area (Å²) < 4.78 is 23.7. The van der Waals surface area contributed by atoms with Gasteiger partial charge in [-0.25, -0.2) is 4.57 Å². The molecule has 0 radical (unpaired) electrons. The lowest BCUT2D eigenvalue weighted by molar-refractivity contribution is -0.870. The molecule has 65 heavy (non-hydrogen) atoms. The minimum Gasteiger partial charge on any atom is -0.391 e. The molecule has 8 nitrogen and oxygen atoms in total. The van der Waals surface area contributed by atoms with Gasteiger partial charge >= 0.3 is 7.82 Å². The van der Waals surface area contributed by atoms with Crippen LogP contribution in [-0.2, 0) is 18.4 Å². The monoisotopic (exact) mass is 944 g/mol. The summed E-state index contributed by atoms with van der Waals surface area (Å²) in [6, 6.07) is -0.754. The average Bonchev–Trinajstić information content (AvgIpc) is 3.26. The molecule has 0 saturated heterocycles. The summed E-state index contributed by atoms with van der Waals surface area (Å²) in [6.45, 7) is 4.93. The number of phosphoric ester groups is 1. The van der Waals surface area contributed by atoms with Crippen LogP contribution in [0.1, 0.15) is 303 Å². The van der Waals surface area contributed by atoms with Crippen molar-refractivity contribution < 1.29 is 32.9 Å². The molecule has 0 fully saturated rings. The van der Waals surface area contributed by atoms with E-state index in [-0.39, 0.29) is 19.1 Å². The maximum atomic E-state index is 12.9. The van der Waals surface area contributed by atoms with Gasteiger partial charge in [-0.3, -0.25) is 13.8 Å². The molecular formula is C56H116N2O6P+. The van der Waals surface area contributed by atoms with Crippen molar-refractivity contribution >= 4 is 13.7 Å². The van der Waals surface area contributed by atoms with Crippen LogP contribution in [0.25, 0.3) is 0 Å². The summed E-state index contributed by atoms with van der Waals surface area (Å²) in [5.74, 6) is -0.139. The van der Waals surface area contributed by atoms with Crippen molar-refractivity contribution in [3.63, 3.8) is 0 Å². The molecule has 0 aliphatic rings. The Kier molecular flexibility index (Phi) is 48.1. The lowest BCUT2D eigenvalue weighted by atomic mass is 10.0. The number of hydrogen-bond donors (Lipinski definition) is 3. The topological polar surface area (TPSA) is 105 Å². The van der Waals surface area contributed by atoms with E-state index in [4.69, 9.17) is 9.05 Å². The van der Waals surface area contributed by atoms with Crippen LogP contribution in [0.3, 0.4) is 0 Å². The maximum Gasteiger partial charge on any atom is 0.472 e. The zero-order valence-corrected chi connectivity index (χ0v) is 45.4. The van der Waals surface area contributed by atoms with Crippen LogP contribution in [0, 0.1) is 0 Å². The highest BCUT2D eigenvalue weighted by Gasteiger charge is 2.28. The van der Waals surface area contributed by atoms with Gasteiger partial charge in [0.15, 0.2) is 0 Å². The number of rotatable bonds is 54. The summed E-state index contributed by atoms with van der Waals surface area (Å²) in [4.78, 5) is 23.2. The van der Waals surface area contributed by atoms with E-state index in [1.54, 1.807) is 0 Å². The van der Waals surface area contributed by atoms with Crippen LogP contribution < -0.4 is 5.32 Å². The predicted molar refractivity (Wildman–Crippen MR) is 282 cm³/mol. The number of nitrogens with one attached hydrogen (secondary N) is 1. The summed E-state index contributed by atoms with van der Waals surface area (Å²) in [5.41, 5.74) is 0. The second-order valence-corrected chi connectivity index (χ2v) is 22.8. The number of likely N-dealkylation sites (N-methyl/N-ethyl adjacent to an activating group) is 1. The Hall–Kier alpha value is -0.500. The third-order valence-corrected chi connectivity index (χ3v) is 14.6. The number of carbonyl (C=O) groups excluding carboxylic acids is 1. The fourth-order valence-electron chi connectivity index (χ4n) is 9.05. The van der Waals surface area contributed by atoms with Crippen molar-refractivity contribution in [2.75, 3.05) is 40.9 Å². The van der Waals surface area contributed by atoms with Crippen molar-refractivity contribution in [2.24, 2.45) is 0 Å². The van der Waals surface area contributed by atoms with Crippen LogP contribution in [0.2, 0.25) is 0 Å². The molecule has 0 aliphatic heterocycles. The van der Waals surface area contributed by atoms with E-state index in [2.05, 4.69) is 19.2 Å². The van der Waals surface area contributed by atoms with Crippen LogP contribution in [-0.4, -0.2) is 73.4 Å². The number of aliphatic hydroxyl groups excluding tert-OH is 1. The van der Waals surface area contributed by atoms with E-state index in [0.29, 0.717) is 23.9 Å². The fourth-order valence-corrected chi connectivity index (χ4v) is 9.79. The zero-order chi connectivity index (χ0) is 47.8. The normalized spacial score (nSPS) is 13.9. The quantitative estimate of drug-likeness (QED) is 0.0319. The molecular weight excluding hydrogens is 828 g/mol. The molecule has 0 saturated carbocycles. The van der Waals surface area contributed by atoms with Gasteiger partial charge in [-0.15, -0.1) is 0 Å². The molecule has 1 amide bonds. The van der Waals surface area contributed by atoms with E-state index in [1.807, 2.05) is 21.1 Å². The number of aliphatic hydroxyl groups is 1. The van der Waals surface area contributed by atoms with Gasteiger partial charge in [-0.1, -0.05) is 284 Å². The summed E-state index contributed by atoms with van der Waals surface area (Å²) in [6.07, 6.45) is 57.4. The fraction of sp³-hybridized carbons (Fsp3) is 0.982. The minimum absolute atomic E-state index is 0.0789. The first-order valence-electron chi connectivity index (χ1n) is 28.9. The van der Waals surface area contributed by atoms with Gasteiger partial charge in [-0.05, 0) is 12.8 Å². The Morgan fingerprint density at radius 1 is 0.462 bits per heavy atom. The number of quaternary nitrogens is 1. The second kappa shape index (κ2) is 48.5. The second-order valence-electron chi connectivity index (χ2n) is 21.4. The lowest BCUT2D eigenvalue weighted by Crippen LogP contribution is -2.46.